The van der Waals surface area contributed by atoms with Crippen LogP contribution >= 0.6 is 0 Å². The first-order valence-corrected chi connectivity index (χ1v) is 8.59. The molecule has 22 heavy (non-hydrogen) atoms. The highest BCUT2D eigenvalue weighted by Crippen LogP contribution is 2.40. The van der Waals surface area contributed by atoms with Crippen molar-refractivity contribution in [1.29, 1.82) is 0 Å². The van der Waals surface area contributed by atoms with Gasteiger partial charge in [0.25, 0.3) is 0 Å². The second kappa shape index (κ2) is 7.01. The first-order valence-electron chi connectivity index (χ1n) is 8.59. The molecule has 0 aromatic carbocycles. The molecule has 3 saturated heterocycles. The van der Waals surface area contributed by atoms with E-state index in [2.05, 4.69) is 6.58 Å². The fourth-order valence-electron chi connectivity index (χ4n) is 4.12. The summed E-state index contributed by atoms with van der Waals surface area (Å²) in [5.41, 5.74) is -0.0328. The van der Waals surface area contributed by atoms with Crippen molar-refractivity contribution < 1.29 is 14.3 Å². The van der Waals surface area contributed by atoms with Crippen LogP contribution in [-0.2, 0) is 9.47 Å². The van der Waals surface area contributed by atoms with Crippen LogP contribution in [0.3, 0.4) is 0 Å². The van der Waals surface area contributed by atoms with Gasteiger partial charge in [0.1, 0.15) is 0 Å². The summed E-state index contributed by atoms with van der Waals surface area (Å²) in [6, 6.07) is 0.213. The molecule has 2 amide bonds. The van der Waals surface area contributed by atoms with Gasteiger partial charge >= 0.3 is 6.03 Å². The Hall–Kier alpha value is -1.07. The van der Waals surface area contributed by atoms with Crippen molar-refractivity contribution in [3.8, 4) is 0 Å². The van der Waals surface area contributed by atoms with E-state index in [-0.39, 0.29) is 17.6 Å². The minimum absolute atomic E-state index is 0.0328. The molecule has 3 heterocycles. The van der Waals surface area contributed by atoms with Crippen LogP contribution < -0.4 is 0 Å². The molecular weight excluding hydrogens is 280 g/mol. The number of urea groups is 1. The van der Waals surface area contributed by atoms with E-state index in [1.54, 1.807) is 6.08 Å². The summed E-state index contributed by atoms with van der Waals surface area (Å²) in [5, 5.41) is 0. The molecule has 0 unspecified atom stereocenters. The lowest BCUT2D eigenvalue weighted by Gasteiger charge is -2.50. The number of ether oxygens (including phenoxy) is 2. The number of nitrogens with zero attached hydrogens (tertiary/aromatic N) is 2. The summed E-state index contributed by atoms with van der Waals surface area (Å²) >= 11 is 0. The summed E-state index contributed by atoms with van der Waals surface area (Å²) in [5.74, 6) is 0. The molecule has 0 aromatic heterocycles. The van der Waals surface area contributed by atoms with E-state index >= 15 is 0 Å². The Bertz CT molecular complexity index is 409. The van der Waals surface area contributed by atoms with E-state index in [1.165, 1.54) is 0 Å². The number of carbonyl (C=O) groups is 1. The molecule has 5 nitrogen and oxygen atoms in total. The molecule has 0 radical (unpaired) electrons. The van der Waals surface area contributed by atoms with Gasteiger partial charge in [-0.05, 0) is 32.1 Å². The predicted molar refractivity (Wildman–Crippen MR) is 84.8 cm³/mol. The van der Waals surface area contributed by atoms with Crippen molar-refractivity contribution in [3.63, 3.8) is 0 Å². The summed E-state index contributed by atoms with van der Waals surface area (Å²) < 4.78 is 11.8. The molecule has 0 aromatic rings. The number of piperidine rings is 1. The standard InChI is InChI=1S/C17H28N2O3/c1-2-11-21-14-17-7-5-12-22-15(17)6-10-19(13-17)16(20)18-8-3-4-9-18/h2,15H,1,3-14H2/t15-,17-/m1/s1. The Morgan fingerprint density at radius 2 is 2.09 bits per heavy atom. The SMILES string of the molecule is C=CCOC[C@]12CCCO[C@@H]1CCN(C(=O)N1CCCC1)C2. The van der Waals surface area contributed by atoms with Crippen LogP contribution in [0.4, 0.5) is 4.79 Å². The first-order chi connectivity index (χ1) is 10.7. The second-order valence-corrected chi connectivity index (χ2v) is 6.82. The number of carbonyl (C=O) groups excluding carboxylic acids is 1. The number of likely N-dealkylation sites (tertiary alicyclic amines) is 2. The van der Waals surface area contributed by atoms with Gasteiger partial charge in [0, 0.05) is 38.2 Å². The van der Waals surface area contributed by atoms with E-state index in [4.69, 9.17) is 9.47 Å². The number of hydrogen-bond donors (Lipinski definition) is 0. The Morgan fingerprint density at radius 1 is 1.27 bits per heavy atom. The maximum Gasteiger partial charge on any atom is 0.320 e. The molecule has 3 aliphatic rings. The highest BCUT2D eigenvalue weighted by Gasteiger charge is 2.47. The van der Waals surface area contributed by atoms with Crippen LogP contribution in [0.2, 0.25) is 0 Å². The summed E-state index contributed by atoms with van der Waals surface area (Å²) in [7, 11) is 0. The van der Waals surface area contributed by atoms with Crippen LogP contribution in [-0.4, -0.2) is 67.9 Å². The number of fused-ring (bicyclic) bond motifs is 1. The highest BCUT2D eigenvalue weighted by atomic mass is 16.5. The number of hydrogen-bond acceptors (Lipinski definition) is 3. The maximum atomic E-state index is 12.7. The normalized spacial score (nSPS) is 31.9. The lowest BCUT2D eigenvalue weighted by atomic mass is 9.73. The average molecular weight is 308 g/mol. The van der Waals surface area contributed by atoms with Gasteiger partial charge in [-0.15, -0.1) is 6.58 Å². The van der Waals surface area contributed by atoms with Crippen molar-refractivity contribution in [2.24, 2.45) is 5.41 Å². The topological polar surface area (TPSA) is 42.0 Å². The van der Waals surface area contributed by atoms with E-state index in [0.29, 0.717) is 13.2 Å². The van der Waals surface area contributed by atoms with Crippen molar-refractivity contribution in [2.45, 2.75) is 38.2 Å². The van der Waals surface area contributed by atoms with Gasteiger partial charge in [0.2, 0.25) is 0 Å². The smallest absolute Gasteiger partial charge is 0.320 e. The molecule has 3 aliphatic heterocycles. The minimum atomic E-state index is -0.0328. The Balaban J connectivity index is 1.68. The molecule has 0 aliphatic carbocycles. The molecule has 0 spiro atoms. The Kier molecular flexibility index (Phi) is 5.03. The summed E-state index contributed by atoms with van der Waals surface area (Å²) in [6.45, 7) is 9.18. The van der Waals surface area contributed by atoms with Gasteiger partial charge in [-0.1, -0.05) is 6.08 Å². The fraction of sp³-hybridized carbons (Fsp3) is 0.824. The van der Waals surface area contributed by atoms with E-state index in [0.717, 1.165) is 64.9 Å². The van der Waals surface area contributed by atoms with Gasteiger partial charge < -0.3 is 19.3 Å². The average Bonchev–Trinajstić information content (AvgIpc) is 3.08. The van der Waals surface area contributed by atoms with Crippen molar-refractivity contribution in [1.82, 2.24) is 9.80 Å². The third-order valence-corrected chi connectivity index (χ3v) is 5.26. The molecule has 0 saturated carbocycles. The zero-order valence-electron chi connectivity index (χ0n) is 13.5. The molecule has 2 atom stereocenters. The highest BCUT2D eigenvalue weighted by molar-refractivity contribution is 5.75. The van der Waals surface area contributed by atoms with Crippen LogP contribution in [0.5, 0.6) is 0 Å². The fourth-order valence-corrected chi connectivity index (χ4v) is 4.12. The van der Waals surface area contributed by atoms with Crippen LogP contribution in [0.15, 0.2) is 12.7 Å². The second-order valence-electron chi connectivity index (χ2n) is 6.82. The van der Waals surface area contributed by atoms with E-state index < -0.39 is 0 Å². The molecule has 0 N–H and O–H groups in total. The molecule has 124 valence electrons. The van der Waals surface area contributed by atoms with Gasteiger partial charge in [-0.25, -0.2) is 4.79 Å². The third-order valence-electron chi connectivity index (χ3n) is 5.26. The monoisotopic (exact) mass is 308 g/mol. The van der Waals surface area contributed by atoms with Gasteiger partial charge in [0.15, 0.2) is 0 Å². The van der Waals surface area contributed by atoms with Crippen molar-refractivity contribution in [2.75, 3.05) is 46.0 Å². The van der Waals surface area contributed by atoms with E-state index in [9.17, 15) is 4.79 Å². The summed E-state index contributed by atoms with van der Waals surface area (Å²) in [4.78, 5) is 16.7. The molecule has 3 fully saturated rings. The van der Waals surface area contributed by atoms with E-state index in [1.807, 2.05) is 9.80 Å². The maximum absolute atomic E-state index is 12.7. The molecule has 5 heteroatoms. The number of rotatable bonds is 4. The molecular formula is C17H28N2O3. The predicted octanol–water partition coefficient (Wildman–Crippen LogP) is 2.28. The quantitative estimate of drug-likeness (QED) is 0.591. The van der Waals surface area contributed by atoms with Crippen LogP contribution in [0.1, 0.15) is 32.1 Å². The Labute approximate surface area is 133 Å². The lowest BCUT2D eigenvalue weighted by molar-refractivity contribution is -0.145. The Morgan fingerprint density at radius 3 is 2.86 bits per heavy atom. The zero-order valence-corrected chi connectivity index (χ0v) is 13.5. The third kappa shape index (κ3) is 3.15. The molecule has 3 rings (SSSR count). The largest absolute Gasteiger partial charge is 0.377 e. The van der Waals surface area contributed by atoms with Crippen LogP contribution in [0.25, 0.3) is 0 Å². The van der Waals surface area contributed by atoms with Gasteiger partial charge in [-0.2, -0.15) is 0 Å². The molecule has 0 bridgehead atoms. The minimum Gasteiger partial charge on any atom is -0.377 e. The zero-order chi connectivity index (χ0) is 15.4. The van der Waals surface area contributed by atoms with Crippen molar-refractivity contribution >= 4 is 6.03 Å². The van der Waals surface area contributed by atoms with Gasteiger partial charge in [-0.3, -0.25) is 0 Å². The number of amides is 2. The van der Waals surface area contributed by atoms with Crippen LogP contribution in [0, 0.1) is 5.41 Å². The van der Waals surface area contributed by atoms with Crippen molar-refractivity contribution in [3.05, 3.63) is 12.7 Å². The lowest BCUT2D eigenvalue weighted by Crippen LogP contribution is -2.59. The summed E-state index contributed by atoms with van der Waals surface area (Å²) in [6.07, 6.45) is 7.35. The first kappa shape index (κ1) is 15.8. The van der Waals surface area contributed by atoms with Gasteiger partial charge in [0.05, 0.1) is 19.3 Å².